The van der Waals surface area contributed by atoms with E-state index >= 15 is 0 Å². The molecule has 0 spiro atoms. The molecule has 4 N–H and O–H groups in total. The van der Waals surface area contributed by atoms with Crippen molar-refractivity contribution in [2.45, 2.75) is 13.8 Å². The lowest BCUT2D eigenvalue weighted by molar-refractivity contribution is 0.636. The summed E-state index contributed by atoms with van der Waals surface area (Å²) in [6.07, 6.45) is 0. The minimum absolute atomic E-state index is 0.266. The molecule has 5 heteroatoms. The van der Waals surface area contributed by atoms with E-state index in [0.29, 0.717) is 19.0 Å². The summed E-state index contributed by atoms with van der Waals surface area (Å²) in [7, 11) is 0. The molecule has 0 saturated heterocycles. The van der Waals surface area contributed by atoms with Gasteiger partial charge in [0.15, 0.2) is 11.1 Å². The molecule has 0 atom stereocenters. The number of thiocarbonyl (C=S) groups is 1. The number of nitrogens with two attached hydrogens (primary N) is 2. The zero-order valence-corrected chi connectivity index (χ0v) is 7.69. The molecule has 0 saturated carbocycles. The maximum atomic E-state index is 5.55. The Morgan fingerprint density at radius 2 is 2.00 bits per heavy atom. The van der Waals surface area contributed by atoms with Crippen LogP contribution in [0.2, 0.25) is 0 Å². The number of nitrogens with zero attached hydrogens (tertiary/aromatic N) is 2. The van der Waals surface area contributed by atoms with Crippen molar-refractivity contribution in [1.29, 1.82) is 0 Å². The van der Waals surface area contributed by atoms with Gasteiger partial charge in [-0.3, -0.25) is 9.89 Å². The lowest BCUT2D eigenvalue weighted by Crippen LogP contribution is -2.44. The van der Waals surface area contributed by atoms with Crippen LogP contribution in [0.1, 0.15) is 13.8 Å². The average molecular weight is 174 g/mol. The molecule has 0 aliphatic heterocycles. The van der Waals surface area contributed by atoms with Crippen LogP contribution in [-0.4, -0.2) is 29.1 Å². The molecule has 0 radical (unpaired) electrons. The van der Waals surface area contributed by atoms with E-state index in [4.69, 9.17) is 23.7 Å². The summed E-state index contributed by atoms with van der Waals surface area (Å²) in [5.41, 5.74) is 10.9. The highest BCUT2D eigenvalue weighted by Crippen LogP contribution is 1.86. The summed E-state index contributed by atoms with van der Waals surface area (Å²) in [6, 6.07) is 0. The Morgan fingerprint density at radius 1 is 1.45 bits per heavy atom. The van der Waals surface area contributed by atoms with Crippen LogP contribution >= 0.6 is 12.2 Å². The lowest BCUT2D eigenvalue weighted by atomic mass is 10.6. The van der Waals surface area contributed by atoms with Crippen LogP contribution in [0, 0.1) is 0 Å². The third kappa shape index (κ3) is 3.18. The molecule has 0 unspecified atom stereocenters. The summed E-state index contributed by atoms with van der Waals surface area (Å²) in [5.74, 6) is 0.391. The van der Waals surface area contributed by atoms with Crippen molar-refractivity contribution in [2.24, 2.45) is 16.5 Å². The van der Waals surface area contributed by atoms with E-state index in [2.05, 4.69) is 4.99 Å². The molecule has 0 amide bonds. The summed E-state index contributed by atoms with van der Waals surface area (Å²) < 4.78 is 0. The number of guanidine groups is 1. The van der Waals surface area contributed by atoms with Crippen LogP contribution in [0.15, 0.2) is 4.99 Å². The zero-order valence-electron chi connectivity index (χ0n) is 6.87. The van der Waals surface area contributed by atoms with Crippen molar-refractivity contribution < 1.29 is 0 Å². The third-order valence-corrected chi connectivity index (χ3v) is 1.40. The summed E-state index contributed by atoms with van der Waals surface area (Å²) >= 11 is 4.75. The van der Waals surface area contributed by atoms with Gasteiger partial charge in [-0.05, 0) is 26.1 Å². The molecule has 0 aliphatic carbocycles. The normalized spacial score (nSPS) is 11.3. The predicted octanol–water partition coefficient (Wildman–Crippen LogP) is -0.113. The third-order valence-electron chi connectivity index (χ3n) is 1.18. The van der Waals surface area contributed by atoms with Gasteiger partial charge >= 0.3 is 0 Å². The largest absolute Gasteiger partial charge is 0.376 e. The lowest BCUT2D eigenvalue weighted by Gasteiger charge is -2.18. The second kappa shape index (κ2) is 4.90. The molecular weight excluding hydrogens is 160 g/mol. The highest BCUT2D eigenvalue weighted by molar-refractivity contribution is 7.80. The Balaban J connectivity index is 4.25. The Labute approximate surface area is 72.3 Å². The van der Waals surface area contributed by atoms with E-state index in [1.54, 1.807) is 4.90 Å². The van der Waals surface area contributed by atoms with Gasteiger partial charge in [-0.25, -0.2) is 0 Å². The molecule has 0 aromatic rings. The van der Waals surface area contributed by atoms with Gasteiger partial charge in [0.25, 0.3) is 0 Å². The van der Waals surface area contributed by atoms with E-state index in [1.807, 2.05) is 13.8 Å². The zero-order chi connectivity index (χ0) is 8.85. The first-order valence-electron chi connectivity index (χ1n) is 3.50. The Kier molecular flexibility index (Phi) is 4.52. The summed E-state index contributed by atoms with van der Waals surface area (Å²) in [5, 5.41) is 0.266. The molecule has 0 aromatic heterocycles. The van der Waals surface area contributed by atoms with E-state index in [9.17, 15) is 0 Å². The highest BCUT2D eigenvalue weighted by atomic mass is 32.1. The topological polar surface area (TPSA) is 67.6 Å². The molecule has 0 heterocycles. The van der Waals surface area contributed by atoms with Crippen LogP contribution in [-0.2, 0) is 0 Å². The first-order chi connectivity index (χ1) is 5.13. The fraction of sp³-hybridized carbons (Fsp3) is 0.667. The summed E-state index contributed by atoms with van der Waals surface area (Å²) in [6.45, 7) is 5.12. The van der Waals surface area contributed by atoms with Crippen LogP contribution in [0.5, 0.6) is 0 Å². The molecular formula is C6H14N4S. The molecule has 11 heavy (non-hydrogen) atoms. The summed E-state index contributed by atoms with van der Waals surface area (Å²) in [4.78, 5) is 5.55. The van der Waals surface area contributed by atoms with Crippen LogP contribution in [0.3, 0.4) is 0 Å². The van der Waals surface area contributed by atoms with Crippen molar-refractivity contribution in [1.82, 2.24) is 4.90 Å². The number of hydrogen-bond acceptors (Lipinski definition) is 2. The van der Waals surface area contributed by atoms with Gasteiger partial charge in [-0.2, -0.15) is 0 Å². The van der Waals surface area contributed by atoms with E-state index in [1.165, 1.54) is 0 Å². The predicted molar refractivity (Wildman–Crippen MR) is 51.3 cm³/mol. The van der Waals surface area contributed by atoms with Gasteiger partial charge < -0.3 is 11.5 Å². The maximum absolute atomic E-state index is 5.55. The Bertz CT molecular complexity index is 166. The fourth-order valence-electron chi connectivity index (χ4n) is 0.678. The monoisotopic (exact) mass is 174 g/mol. The van der Waals surface area contributed by atoms with Gasteiger partial charge in [0.05, 0.1) is 0 Å². The smallest absolute Gasteiger partial charge is 0.197 e. The van der Waals surface area contributed by atoms with E-state index < -0.39 is 0 Å². The van der Waals surface area contributed by atoms with Crippen LogP contribution < -0.4 is 11.5 Å². The quantitative estimate of drug-likeness (QED) is 0.348. The van der Waals surface area contributed by atoms with Crippen molar-refractivity contribution in [3.63, 3.8) is 0 Å². The molecule has 4 nitrogen and oxygen atoms in total. The molecule has 0 aliphatic rings. The van der Waals surface area contributed by atoms with Crippen molar-refractivity contribution in [2.75, 3.05) is 13.1 Å². The van der Waals surface area contributed by atoms with Crippen LogP contribution in [0.4, 0.5) is 0 Å². The average Bonchev–Trinajstić information content (AvgIpc) is 1.88. The Hall–Kier alpha value is -0.840. The fourth-order valence-corrected chi connectivity index (χ4v) is 0.901. The molecule has 0 fully saturated rings. The Morgan fingerprint density at radius 3 is 2.27 bits per heavy atom. The van der Waals surface area contributed by atoms with Crippen LogP contribution in [0.25, 0.3) is 0 Å². The van der Waals surface area contributed by atoms with Gasteiger partial charge in [0.2, 0.25) is 0 Å². The number of aliphatic imine (C=N–C) groups is 1. The van der Waals surface area contributed by atoms with Gasteiger partial charge in [-0.1, -0.05) is 0 Å². The minimum atomic E-state index is 0.266. The first-order valence-corrected chi connectivity index (χ1v) is 3.91. The van der Waals surface area contributed by atoms with Crippen molar-refractivity contribution in [3.05, 3.63) is 0 Å². The number of hydrogen-bond donors (Lipinski definition) is 2. The van der Waals surface area contributed by atoms with Gasteiger partial charge in [0.1, 0.15) is 0 Å². The SMILES string of the molecule is CCN=C(N)N(CC)C(N)=S. The second-order valence-corrected chi connectivity index (χ2v) is 2.33. The van der Waals surface area contributed by atoms with Gasteiger partial charge in [-0.15, -0.1) is 0 Å². The number of rotatable bonds is 2. The molecule has 0 bridgehead atoms. The molecule has 64 valence electrons. The maximum Gasteiger partial charge on any atom is 0.197 e. The second-order valence-electron chi connectivity index (χ2n) is 1.92. The van der Waals surface area contributed by atoms with Gasteiger partial charge in [0, 0.05) is 13.1 Å². The standard InChI is InChI=1S/C6H14N4S/c1-3-9-5(7)10(4-2)6(8)11/h3-4H2,1-2H3,(H2,7,9)(H2,8,11). The van der Waals surface area contributed by atoms with E-state index in [0.717, 1.165) is 0 Å². The van der Waals surface area contributed by atoms with Crippen molar-refractivity contribution in [3.8, 4) is 0 Å². The highest BCUT2D eigenvalue weighted by Gasteiger charge is 2.06. The first kappa shape index (κ1) is 10.2. The molecule has 0 rings (SSSR count). The van der Waals surface area contributed by atoms with Crippen molar-refractivity contribution >= 4 is 23.3 Å². The minimum Gasteiger partial charge on any atom is -0.376 e. The van der Waals surface area contributed by atoms with E-state index in [-0.39, 0.29) is 5.11 Å². The molecule has 0 aromatic carbocycles.